The fourth-order valence-electron chi connectivity index (χ4n) is 3.24. The predicted molar refractivity (Wildman–Crippen MR) is 75.9 cm³/mol. The van der Waals surface area contributed by atoms with Crippen LogP contribution in [0.3, 0.4) is 0 Å². The fourth-order valence-corrected chi connectivity index (χ4v) is 3.24. The van der Waals surface area contributed by atoms with Gasteiger partial charge in [-0.1, -0.05) is 13.8 Å². The fraction of sp³-hybridized carbons (Fsp3) is 1.00. The molecule has 0 radical (unpaired) electrons. The molecule has 3 nitrogen and oxygen atoms in total. The lowest BCUT2D eigenvalue weighted by atomic mass is 10.0. The van der Waals surface area contributed by atoms with Crippen LogP contribution in [0.15, 0.2) is 0 Å². The second kappa shape index (κ2) is 6.88. The van der Waals surface area contributed by atoms with Crippen molar-refractivity contribution in [2.45, 2.75) is 64.6 Å². The molecular formula is C15H30N2O. The molecule has 0 aromatic carbocycles. The minimum atomic E-state index is 0.491. The van der Waals surface area contributed by atoms with Gasteiger partial charge >= 0.3 is 0 Å². The van der Waals surface area contributed by atoms with Crippen LogP contribution in [0.2, 0.25) is 0 Å². The topological polar surface area (TPSA) is 24.5 Å². The van der Waals surface area contributed by atoms with E-state index in [-0.39, 0.29) is 0 Å². The van der Waals surface area contributed by atoms with Crippen LogP contribution in [0.4, 0.5) is 0 Å². The molecule has 2 aliphatic heterocycles. The Morgan fingerprint density at radius 2 is 2.17 bits per heavy atom. The number of ether oxygens (including phenoxy) is 1. The van der Waals surface area contributed by atoms with E-state index in [0.717, 1.165) is 19.1 Å². The standard InChI is InChI=1S/C15H30N2O/c1-12(2)9-14-10-17(13(3)6-7-16-14)11-15-5-4-8-18-15/h12-16H,4-11H2,1-3H3. The van der Waals surface area contributed by atoms with Crippen molar-refractivity contribution in [2.75, 3.05) is 26.2 Å². The zero-order valence-electron chi connectivity index (χ0n) is 12.3. The molecule has 2 saturated heterocycles. The van der Waals surface area contributed by atoms with E-state index < -0.39 is 0 Å². The number of rotatable bonds is 4. The number of nitrogens with zero attached hydrogens (tertiary/aromatic N) is 1. The first-order valence-corrected chi connectivity index (χ1v) is 7.74. The van der Waals surface area contributed by atoms with Gasteiger partial charge in [-0.25, -0.2) is 0 Å². The zero-order chi connectivity index (χ0) is 13.0. The Balaban J connectivity index is 1.87. The molecule has 0 aliphatic carbocycles. The highest BCUT2D eigenvalue weighted by atomic mass is 16.5. The van der Waals surface area contributed by atoms with Gasteiger partial charge in [0.25, 0.3) is 0 Å². The van der Waals surface area contributed by atoms with Crippen LogP contribution < -0.4 is 5.32 Å². The number of hydrogen-bond donors (Lipinski definition) is 1. The average molecular weight is 254 g/mol. The van der Waals surface area contributed by atoms with Gasteiger partial charge in [-0.05, 0) is 45.1 Å². The van der Waals surface area contributed by atoms with Gasteiger partial charge in [0.15, 0.2) is 0 Å². The van der Waals surface area contributed by atoms with E-state index in [4.69, 9.17) is 4.74 Å². The number of nitrogens with one attached hydrogen (secondary N) is 1. The maximum absolute atomic E-state index is 5.80. The lowest BCUT2D eigenvalue weighted by Gasteiger charge is -2.31. The molecule has 2 fully saturated rings. The highest BCUT2D eigenvalue weighted by Gasteiger charge is 2.27. The van der Waals surface area contributed by atoms with Crippen LogP contribution in [0.1, 0.15) is 46.5 Å². The highest BCUT2D eigenvalue weighted by Crippen LogP contribution is 2.18. The summed E-state index contributed by atoms with van der Waals surface area (Å²) in [6.45, 7) is 11.5. The van der Waals surface area contributed by atoms with E-state index >= 15 is 0 Å². The quantitative estimate of drug-likeness (QED) is 0.833. The summed E-state index contributed by atoms with van der Waals surface area (Å²) in [5.74, 6) is 0.778. The third-order valence-electron chi connectivity index (χ3n) is 4.29. The maximum Gasteiger partial charge on any atom is 0.0702 e. The van der Waals surface area contributed by atoms with Crippen LogP contribution in [0, 0.1) is 5.92 Å². The smallest absolute Gasteiger partial charge is 0.0702 e. The first kappa shape index (κ1) is 14.3. The Labute approximate surface area is 112 Å². The Morgan fingerprint density at radius 1 is 1.33 bits per heavy atom. The van der Waals surface area contributed by atoms with Crippen LogP contribution in [-0.4, -0.2) is 49.3 Å². The molecule has 18 heavy (non-hydrogen) atoms. The van der Waals surface area contributed by atoms with E-state index in [1.54, 1.807) is 0 Å². The molecule has 2 heterocycles. The largest absolute Gasteiger partial charge is 0.377 e. The Bertz CT molecular complexity index is 239. The molecular weight excluding hydrogens is 224 g/mol. The molecule has 2 aliphatic rings. The molecule has 0 aromatic heterocycles. The van der Waals surface area contributed by atoms with Crippen LogP contribution >= 0.6 is 0 Å². The summed E-state index contributed by atoms with van der Waals surface area (Å²) in [5.41, 5.74) is 0. The summed E-state index contributed by atoms with van der Waals surface area (Å²) in [6, 6.07) is 1.36. The van der Waals surface area contributed by atoms with Crippen molar-refractivity contribution in [3.05, 3.63) is 0 Å². The molecule has 106 valence electrons. The molecule has 1 N–H and O–H groups in total. The van der Waals surface area contributed by atoms with Crippen molar-refractivity contribution < 1.29 is 4.74 Å². The third kappa shape index (κ3) is 4.22. The first-order valence-electron chi connectivity index (χ1n) is 7.74. The van der Waals surface area contributed by atoms with E-state index in [0.29, 0.717) is 18.2 Å². The van der Waals surface area contributed by atoms with Crippen LogP contribution in [-0.2, 0) is 4.74 Å². The molecule has 0 saturated carbocycles. The number of hydrogen-bond acceptors (Lipinski definition) is 3. The van der Waals surface area contributed by atoms with Crippen molar-refractivity contribution in [1.29, 1.82) is 0 Å². The Morgan fingerprint density at radius 3 is 2.83 bits per heavy atom. The SMILES string of the molecule is CC(C)CC1CN(CC2CCCO2)C(C)CCN1. The Kier molecular flexibility index (Phi) is 5.46. The van der Waals surface area contributed by atoms with Gasteiger partial charge in [-0.15, -0.1) is 0 Å². The molecule has 0 bridgehead atoms. The van der Waals surface area contributed by atoms with Crippen molar-refractivity contribution in [2.24, 2.45) is 5.92 Å². The summed E-state index contributed by atoms with van der Waals surface area (Å²) in [4.78, 5) is 2.66. The summed E-state index contributed by atoms with van der Waals surface area (Å²) in [7, 11) is 0. The zero-order valence-corrected chi connectivity index (χ0v) is 12.3. The minimum absolute atomic E-state index is 0.491. The van der Waals surface area contributed by atoms with Gasteiger partial charge in [0.05, 0.1) is 6.10 Å². The van der Waals surface area contributed by atoms with Gasteiger partial charge < -0.3 is 10.1 Å². The lowest BCUT2D eigenvalue weighted by molar-refractivity contribution is 0.0583. The maximum atomic E-state index is 5.80. The van der Waals surface area contributed by atoms with E-state index in [1.165, 1.54) is 38.8 Å². The van der Waals surface area contributed by atoms with Crippen molar-refractivity contribution in [3.8, 4) is 0 Å². The molecule has 0 amide bonds. The van der Waals surface area contributed by atoms with Crippen molar-refractivity contribution >= 4 is 0 Å². The molecule has 0 spiro atoms. The van der Waals surface area contributed by atoms with E-state index in [2.05, 4.69) is 31.0 Å². The second-order valence-corrected chi connectivity index (χ2v) is 6.51. The lowest BCUT2D eigenvalue weighted by Crippen LogP contribution is -2.44. The van der Waals surface area contributed by atoms with Crippen molar-refractivity contribution in [1.82, 2.24) is 10.2 Å². The Hall–Kier alpha value is -0.120. The van der Waals surface area contributed by atoms with Gasteiger partial charge in [-0.2, -0.15) is 0 Å². The molecule has 0 aromatic rings. The molecule has 3 heteroatoms. The van der Waals surface area contributed by atoms with Gasteiger partial charge in [-0.3, -0.25) is 4.90 Å². The van der Waals surface area contributed by atoms with Crippen molar-refractivity contribution in [3.63, 3.8) is 0 Å². The molecule has 3 atom stereocenters. The first-order chi connectivity index (χ1) is 8.65. The highest BCUT2D eigenvalue weighted by molar-refractivity contribution is 4.83. The summed E-state index contributed by atoms with van der Waals surface area (Å²) in [5, 5.41) is 3.72. The molecule has 3 unspecified atom stereocenters. The third-order valence-corrected chi connectivity index (χ3v) is 4.29. The van der Waals surface area contributed by atoms with Gasteiger partial charge in [0.2, 0.25) is 0 Å². The monoisotopic (exact) mass is 254 g/mol. The normalized spacial score (nSPS) is 35.0. The van der Waals surface area contributed by atoms with E-state index in [1.807, 2.05) is 0 Å². The average Bonchev–Trinajstić information content (AvgIpc) is 2.73. The summed E-state index contributed by atoms with van der Waals surface area (Å²) in [6.07, 6.45) is 5.55. The molecule has 2 rings (SSSR count). The minimum Gasteiger partial charge on any atom is -0.377 e. The van der Waals surface area contributed by atoms with Crippen LogP contribution in [0.25, 0.3) is 0 Å². The summed E-state index contributed by atoms with van der Waals surface area (Å²) < 4.78 is 5.80. The second-order valence-electron chi connectivity index (χ2n) is 6.51. The predicted octanol–water partition coefficient (Wildman–Crippen LogP) is 2.26. The van der Waals surface area contributed by atoms with E-state index in [9.17, 15) is 0 Å². The van der Waals surface area contributed by atoms with Gasteiger partial charge in [0, 0.05) is 31.8 Å². The van der Waals surface area contributed by atoms with Crippen LogP contribution in [0.5, 0.6) is 0 Å². The van der Waals surface area contributed by atoms with Gasteiger partial charge in [0.1, 0.15) is 0 Å². The summed E-state index contributed by atoms with van der Waals surface area (Å²) >= 11 is 0.